The summed E-state index contributed by atoms with van der Waals surface area (Å²) in [5.74, 6) is -1.43. The predicted octanol–water partition coefficient (Wildman–Crippen LogP) is 0.487. The summed E-state index contributed by atoms with van der Waals surface area (Å²) in [5.41, 5.74) is 7.62. The fourth-order valence-corrected chi connectivity index (χ4v) is 4.08. The smallest absolute Gasteiger partial charge is 0.255 e. The lowest BCUT2D eigenvalue weighted by molar-refractivity contribution is -0.0245. The van der Waals surface area contributed by atoms with Crippen molar-refractivity contribution in [2.75, 3.05) is 12.3 Å². The fraction of sp³-hybridized carbons (Fsp3) is 0.208. The molecule has 4 aromatic rings. The van der Waals surface area contributed by atoms with E-state index in [1.54, 1.807) is 24.5 Å². The number of rotatable bonds is 6. The number of aromatic hydroxyl groups is 2. The molecule has 5 rings (SSSR count). The third kappa shape index (κ3) is 4.53. The number of phenolic OH excluding ortho intramolecular Hbond substituents is 2. The number of benzene rings is 1. The Morgan fingerprint density at radius 3 is 2.68 bits per heavy atom. The Kier molecular flexibility index (Phi) is 6.40. The van der Waals surface area contributed by atoms with Crippen molar-refractivity contribution in [1.29, 1.82) is 0 Å². The van der Waals surface area contributed by atoms with Gasteiger partial charge < -0.3 is 36.2 Å². The Bertz CT molecular complexity index is 1480. The minimum atomic E-state index is -1.28. The maximum absolute atomic E-state index is 12.7. The van der Waals surface area contributed by atoms with Gasteiger partial charge in [0.15, 0.2) is 29.2 Å². The molecule has 3 aromatic heterocycles. The van der Waals surface area contributed by atoms with E-state index >= 15 is 0 Å². The van der Waals surface area contributed by atoms with Crippen LogP contribution in [0, 0.1) is 0 Å². The van der Waals surface area contributed by atoms with E-state index in [2.05, 4.69) is 25.3 Å². The molecule has 4 atom stereocenters. The lowest BCUT2D eigenvalue weighted by Crippen LogP contribution is -2.31. The van der Waals surface area contributed by atoms with Gasteiger partial charge >= 0.3 is 0 Å². The van der Waals surface area contributed by atoms with Crippen LogP contribution in [-0.4, -0.2) is 75.7 Å². The molecule has 0 bridgehead atoms. The highest BCUT2D eigenvalue weighted by atomic mass is 16.6. The fourth-order valence-electron chi connectivity index (χ4n) is 4.08. The highest BCUT2D eigenvalue weighted by Gasteiger charge is 2.43. The number of phenols is 2. The Morgan fingerprint density at radius 2 is 1.89 bits per heavy atom. The first-order valence-electron chi connectivity index (χ1n) is 11.2. The molecule has 0 aliphatic carbocycles. The number of fused-ring (bicyclic) bond motifs is 1. The number of ether oxygens (including phenoxy) is 1. The van der Waals surface area contributed by atoms with Crippen LogP contribution >= 0.6 is 0 Å². The molecule has 190 valence electrons. The van der Waals surface area contributed by atoms with E-state index < -0.39 is 41.9 Å². The first-order chi connectivity index (χ1) is 17.8. The number of hydrogen-bond acceptors (Lipinski definition) is 11. The van der Waals surface area contributed by atoms with Crippen molar-refractivity contribution in [3.8, 4) is 22.6 Å². The molecule has 7 N–H and O–H groups in total. The van der Waals surface area contributed by atoms with E-state index in [1.807, 2.05) is 0 Å². The highest BCUT2D eigenvalue weighted by Crippen LogP contribution is 2.35. The third-order valence-electron chi connectivity index (χ3n) is 5.99. The van der Waals surface area contributed by atoms with Gasteiger partial charge in [0, 0.05) is 18.9 Å². The second kappa shape index (κ2) is 9.81. The quantitative estimate of drug-likeness (QED) is 0.157. The van der Waals surface area contributed by atoms with Crippen molar-refractivity contribution in [2.24, 2.45) is 0 Å². The van der Waals surface area contributed by atoms with E-state index in [0.29, 0.717) is 22.3 Å². The number of anilines is 1. The zero-order valence-corrected chi connectivity index (χ0v) is 19.2. The van der Waals surface area contributed by atoms with Gasteiger partial charge in [-0.15, -0.1) is 0 Å². The summed E-state index contributed by atoms with van der Waals surface area (Å²) in [6, 6.07) is 6.23. The number of hydrogen-bond donors (Lipinski definition) is 6. The largest absolute Gasteiger partial charge is 0.504 e. The number of aromatic nitrogens is 5. The Hall–Kier alpha value is -4.59. The van der Waals surface area contributed by atoms with Gasteiger partial charge in [0.25, 0.3) is 5.91 Å². The molecular weight excluding hydrogens is 482 g/mol. The molecule has 1 fully saturated rings. The minimum Gasteiger partial charge on any atom is -0.504 e. The van der Waals surface area contributed by atoms with Crippen LogP contribution in [0.4, 0.5) is 5.82 Å². The Balaban J connectivity index is 1.25. The van der Waals surface area contributed by atoms with Gasteiger partial charge in [-0.2, -0.15) is 0 Å². The number of imidazole rings is 1. The second-order valence-corrected chi connectivity index (χ2v) is 8.32. The van der Waals surface area contributed by atoms with E-state index in [9.17, 15) is 25.2 Å². The molecule has 13 heteroatoms. The summed E-state index contributed by atoms with van der Waals surface area (Å²) in [7, 11) is 0. The summed E-state index contributed by atoms with van der Waals surface area (Å²) in [6.07, 6.45) is 4.43. The maximum Gasteiger partial charge on any atom is 0.255 e. The summed E-state index contributed by atoms with van der Waals surface area (Å²) in [5, 5.41) is 43.9. The molecule has 13 nitrogen and oxygen atoms in total. The van der Waals surface area contributed by atoms with Crippen molar-refractivity contribution < 1.29 is 30.0 Å². The number of nitrogens with two attached hydrogens (primary N) is 1. The van der Waals surface area contributed by atoms with Gasteiger partial charge in [-0.3, -0.25) is 14.3 Å². The van der Waals surface area contributed by atoms with Crippen molar-refractivity contribution >= 4 is 22.9 Å². The SMILES string of the molecule is Nc1ncnc2c1ncn2C1OC(C=CCNC(=O)c2cc(-c3ccncc3)cc(O)c2O)C(O)[C@H]1O. The first kappa shape index (κ1) is 24.1. The molecule has 0 saturated carbocycles. The number of carbonyl (C=O) groups is 1. The standard InChI is InChI=1S/C24H23N7O6/c25-21-17-22(29-10-28-21)31(11-30-17)24-20(35)19(34)16(37-24)2-1-5-27-23(36)14-8-13(9-15(32)18(14)33)12-3-6-26-7-4-12/h1-4,6-11,16,19-20,24,32-35H,5H2,(H,27,36)(H2,25,28,29)/t16?,19?,20-,24?/m1/s1. The molecule has 1 saturated heterocycles. The molecule has 0 radical (unpaired) electrons. The predicted molar refractivity (Wildman–Crippen MR) is 130 cm³/mol. The van der Waals surface area contributed by atoms with Crippen molar-refractivity contribution in [1.82, 2.24) is 29.8 Å². The highest BCUT2D eigenvalue weighted by molar-refractivity contribution is 5.99. The van der Waals surface area contributed by atoms with Crippen LogP contribution < -0.4 is 11.1 Å². The van der Waals surface area contributed by atoms with Crippen molar-refractivity contribution in [3.63, 3.8) is 0 Å². The van der Waals surface area contributed by atoms with Crippen LogP contribution in [0.15, 0.2) is 61.5 Å². The van der Waals surface area contributed by atoms with Gasteiger partial charge in [0.05, 0.1) is 11.9 Å². The normalized spacial score (nSPS) is 21.6. The number of aliphatic hydroxyl groups excluding tert-OH is 2. The lowest BCUT2D eigenvalue weighted by Gasteiger charge is -2.16. The second-order valence-electron chi connectivity index (χ2n) is 8.32. The average Bonchev–Trinajstić information content (AvgIpc) is 3.45. The number of nitrogen functional groups attached to an aromatic ring is 1. The van der Waals surface area contributed by atoms with Gasteiger partial charge in [-0.1, -0.05) is 12.2 Å². The van der Waals surface area contributed by atoms with E-state index in [4.69, 9.17) is 10.5 Å². The first-order valence-corrected chi connectivity index (χ1v) is 11.2. The summed E-state index contributed by atoms with van der Waals surface area (Å²) in [4.78, 5) is 28.8. The number of nitrogens with zero attached hydrogens (tertiary/aromatic N) is 5. The van der Waals surface area contributed by atoms with Gasteiger partial charge in [0.1, 0.15) is 30.2 Å². The van der Waals surface area contributed by atoms with E-state index in [0.717, 1.165) is 0 Å². The molecule has 1 aliphatic rings. The lowest BCUT2D eigenvalue weighted by atomic mass is 10.0. The van der Waals surface area contributed by atoms with Gasteiger partial charge in [-0.05, 0) is 35.4 Å². The number of nitrogens with one attached hydrogen (secondary N) is 1. The number of aliphatic hydroxyl groups is 2. The van der Waals surface area contributed by atoms with Gasteiger partial charge in [-0.25, -0.2) is 15.0 Å². The molecule has 1 aromatic carbocycles. The molecule has 4 heterocycles. The van der Waals surface area contributed by atoms with E-state index in [1.165, 1.54) is 41.5 Å². The number of amides is 1. The third-order valence-corrected chi connectivity index (χ3v) is 5.99. The van der Waals surface area contributed by atoms with Gasteiger partial charge in [0.2, 0.25) is 0 Å². The Labute approximate surface area is 209 Å². The zero-order valence-electron chi connectivity index (χ0n) is 19.2. The number of pyridine rings is 1. The maximum atomic E-state index is 12.7. The van der Waals surface area contributed by atoms with Crippen LogP contribution in [0.5, 0.6) is 11.5 Å². The summed E-state index contributed by atoms with van der Waals surface area (Å²) in [6.45, 7) is 0.0175. The Morgan fingerprint density at radius 1 is 1.11 bits per heavy atom. The summed E-state index contributed by atoms with van der Waals surface area (Å²) < 4.78 is 7.27. The van der Waals surface area contributed by atoms with Crippen LogP contribution in [0.25, 0.3) is 22.3 Å². The molecule has 3 unspecified atom stereocenters. The zero-order chi connectivity index (χ0) is 26.1. The summed E-state index contributed by atoms with van der Waals surface area (Å²) >= 11 is 0. The molecule has 1 aliphatic heterocycles. The van der Waals surface area contributed by atoms with Crippen LogP contribution in [0.3, 0.4) is 0 Å². The molecular formula is C24H23N7O6. The van der Waals surface area contributed by atoms with Crippen LogP contribution in [-0.2, 0) is 4.74 Å². The molecule has 1 amide bonds. The average molecular weight is 505 g/mol. The van der Waals surface area contributed by atoms with Crippen LogP contribution in [0.2, 0.25) is 0 Å². The molecule has 37 heavy (non-hydrogen) atoms. The van der Waals surface area contributed by atoms with Crippen molar-refractivity contribution in [3.05, 3.63) is 67.0 Å². The number of carbonyl (C=O) groups excluding carboxylic acids is 1. The van der Waals surface area contributed by atoms with Crippen LogP contribution in [0.1, 0.15) is 16.6 Å². The topological polar surface area (TPSA) is 202 Å². The monoisotopic (exact) mass is 505 g/mol. The minimum absolute atomic E-state index is 0.0175. The van der Waals surface area contributed by atoms with Crippen molar-refractivity contribution in [2.45, 2.75) is 24.5 Å². The molecule has 0 spiro atoms. The van der Waals surface area contributed by atoms with E-state index in [-0.39, 0.29) is 17.9 Å².